The summed E-state index contributed by atoms with van der Waals surface area (Å²) in [5.41, 5.74) is 2.21. The molecule has 2 aromatic rings. The molecule has 1 fully saturated rings. The van der Waals surface area contributed by atoms with E-state index in [1.54, 1.807) is 19.2 Å². The van der Waals surface area contributed by atoms with Gasteiger partial charge in [0.2, 0.25) is 0 Å². The molecule has 1 amide bonds. The Hall–Kier alpha value is -3.32. The first-order chi connectivity index (χ1) is 15.9. The molecular weight excluding hydrogens is 422 g/mol. The molecule has 7 nitrogen and oxygen atoms in total. The van der Waals surface area contributed by atoms with E-state index in [1.165, 1.54) is 4.90 Å². The number of ketones is 1. The highest BCUT2D eigenvalue weighted by Gasteiger charge is 2.46. The first kappa shape index (κ1) is 22.9. The number of Topliss-reactive ketones (excluding diaryl/α,β-unsaturated/α-hetero) is 1. The summed E-state index contributed by atoms with van der Waals surface area (Å²) in [6, 6.07) is 11.9. The lowest BCUT2D eigenvalue weighted by Gasteiger charge is -2.25. The van der Waals surface area contributed by atoms with Gasteiger partial charge in [-0.2, -0.15) is 0 Å². The number of benzene rings is 2. The van der Waals surface area contributed by atoms with Crippen LogP contribution < -0.4 is 9.47 Å². The van der Waals surface area contributed by atoms with Crippen LogP contribution in [0, 0.1) is 0 Å². The number of rotatable bonds is 8. The summed E-state index contributed by atoms with van der Waals surface area (Å²) in [5, 5.41) is 11.3. The highest BCUT2D eigenvalue weighted by atomic mass is 16.5. The number of carbonyl (C=O) groups excluding carboxylic acids is 2. The number of aliphatic hydroxyl groups is 1. The van der Waals surface area contributed by atoms with Crippen molar-refractivity contribution < 1.29 is 28.9 Å². The first-order valence-electron chi connectivity index (χ1n) is 11.2. The van der Waals surface area contributed by atoms with Gasteiger partial charge in [0.1, 0.15) is 23.4 Å². The van der Waals surface area contributed by atoms with Crippen LogP contribution in [0.2, 0.25) is 0 Å². The molecule has 0 aliphatic carbocycles. The summed E-state index contributed by atoms with van der Waals surface area (Å²) in [6.45, 7) is 5.05. The Morgan fingerprint density at radius 1 is 1.18 bits per heavy atom. The average Bonchev–Trinajstić information content (AvgIpc) is 3.31. The van der Waals surface area contributed by atoms with Gasteiger partial charge in [-0.05, 0) is 54.8 Å². The smallest absolute Gasteiger partial charge is 0.295 e. The molecule has 4 rings (SSSR count). The van der Waals surface area contributed by atoms with Crippen molar-refractivity contribution in [2.75, 3.05) is 26.9 Å². The second-order valence-corrected chi connectivity index (χ2v) is 8.36. The Morgan fingerprint density at radius 2 is 2.00 bits per heavy atom. The number of likely N-dealkylation sites (tertiary alicyclic amines) is 1. The molecule has 2 aliphatic rings. The van der Waals surface area contributed by atoms with Crippen LogP contribution in [0.5, 0.6) is 11.5 Å². The molecular formula is C26H29NO6. The average molecular weight is 452 g/mol. The lowest BCUT2D eigenvalue weighted by molar-refractivity contribution is -0.140. The van der Waals surface area contributed by atoms with Crippen molar-refractivity contribution in [1.82, 2.24) is 4.90 Å². The van der Waals surface area contributed by atoms with Crippen molar-refractivity contribution >= 4 is 17.4 Å². The van der Waals surface area contributed by atoms with E-state index in [1.807, 2.05) is 44.2 Å². The Balaban J connectivity index is 1.80. The summed E-state index contributed by atoms with van der Waals surface area (Å²) in [6.07, 6.45) is 1.64. The maximum atomic E-state index is 13.1. The fourth-order valence-electron chi connectivity index (χ4n) is 4.37. The molecule has 0 radical (unpaired) electrons. The highest BCUT2D eigenvalue weighted by Crippen LogP contribution is 2.41. The van der Waals surface area contributed by atoms with Gasteiger partial charge < -0.3 is 24.2 Å². The zero-order chi connectivity index (χ0) is 23.5. The number of hydrogen-bond acceptors (Lipinski definition) is 6. The zero-order valence-electron chi connectivity index (χ0n) is 19.2. The zero-order valence-corrected chi connectivity index (χ0v) is 19.2. The Morgan fingerprint density at radius 3 is 2.76 bits per heavy atom. The molecule has 174 valence electrons. The number of methoxy groups -OCH3 is 1. The predicted molar refractivity (Wildman–Crippen MR) is 123 cm³/mol. The van der Waals surface area contributed by atoms with Gasteiger partial charge in [-0.3, -0.25) is 9.59 Å². The van der Waals surface area contributed by atoms with Gasteiger partial charge >= 0.3 is 0 Å². The molecule has 0 unspecified atom stereocenters. The molecule has 1 N–H and O–H groups in total. The predicted octanol–water partition coefficient (Wildman–Crippen LogP) is 3.87. The molecule has 0 spiro atoms. The van der Waals surface area contributed by atoms with Crippen molar-refractivity contribution in [2.24, 2.45) is 0 Å². The highest BCUT2D eigenvalue weighted by molar-refractivity contribution is 6.46. The molecule has 2 aliphatic heterocycles. The fourth-order valence-corrected chi connectivity index (χ4v) is 4.37. The van der Waals surface area contributed by atoms with E-state index in [-0.39, 0.29) is 30.6 Å². The molecule has 0 saturated carbocycles. The molecule has 0 aromatic heterocycles. The quantitative estimate of drug-likeness (QED) is 0.373. The number of amides is 1. The Labute approximate surface area is 193 Å². The van der Waals surface area contributed by atoms with Crippen molar-refractivity contribution in [1.29, 1.82) is 0 Å². The molecule has 0 bridgehead atoms. The van der Waals surface area contributed by atoms with Crippen LogP contribution in [0.1, 0.15) is 43.0 Å². The van der Waals surface area contributed by atoms with Gasteiger partial charge in [0.05, 0.1) is 24.8 Å². The minimum atomic E-state index is -0.742. The number of aliphatic hydroxyl groups excluding tert-OH is 1. The van der Waals surface area contributed by atoms with Crippen LogP contribution in [-0.2, 0) is 20.7 Å². The molecule has 2 atom stereocenters. The minimum Gasteiger partial charge on any atom is -0.507 e. The van der Waals surface area contributed by atoms with Crippen LogP contribution in [0.4, 0.5) is 0 Å². The number of nitrogens with zero attached hydrogens (tertiary/aromatic N) is 1. The largest absolute Gasteiger partial charge is 0.507 e. The van der Waals surface area contributed by atoms with E-state index in [9.17, 15) is 14.7 Å². The second kappa shape index (κ2) is 9.67. The maximum absolute atomic E-state index is 13.1. The van der Waals surface area contributed by atoms with Gasteiger partial charge in [-0.15, -0.1) is 0 Å². The third-order valence-electron chi connectivity index (χ3n) is 5.89. The lowest BCUT2D eigenvalue weighted by Crippen LogP contribution is -2.32. The second-order valence-electron chi connectivity index (χ2n) is 8.36. The molecule has 33 heavy (non-hydrogen) atoms. The van der Waals surface area contributed by atoms with E-state index >= 15 is 0 Å². The fraction of sp³-hybridized carbons (Fsp3) is 0.385. The van der Waals surface area contributed by atoms with Gasteiger partial charge in [-0.25, -0.2) is 0 Å². The van der Waals surface area contributed by atoms with E-state index in [0.717, 1.165) is 24.2 Å². The SMILES string of the molecule is CCCOc1cccc([C@@H]2C(=C(O)c3ccc4c(c3)C[C@@H](C)O4)C(=O)C(=O)N2CCOC)c1. The van der Waals surface area contributed by atoms with E-state index in [2.05, 4.69) is 0 Å². The molecule has 2 heterocycles. The third-order valence-corrected chi connectivity index (χ3v) is 5.89. The van der Waals surface area contributed by atoms with Crippen LogP contribution in [-0.4, -0.2) is 54.7 Å². The van der Waals surface area contributed by atoms with Crippen molar-refractivity contribution in [3.05, 3.63) is 64.7 Å². The molecule has 7 heteroatoms. The summed E-state index contributed by atoms with van der Waals surface area (Å²) < 4.78 is 16.7. The normalized spacial score (nSPS) is 21.2. The van der Waals surface area contributed by atoms with Gasteiger partial charge in [0, 0.05) is 25.6 Å². The number of hydrogen-bond donors (Lipinski definition) is 1. The maximum Gasteiger partial charge on any atom is 0.295 e. The number of carbonyl (C=O) groups is 2. The summed E-state index contributed by atoms with van der Waals surface area (Å²) in [7, 11) is 1.54. The van der Waals surface area contributed by atoms with E-state index in [0.29, 0.717) is 23.5 Å². The van der Waals surface area contributed by atoms with Gasteiger partial charge in [-0.1, -0.05) is 19.1 Å². The van der Waals surface area contributed by atoms with Crippen molar-refractivity contribution in [2.45, 2.75) is 38.8 Å². The summed E-state index contributed by atoms with van der Waals surface area (Å²) >= 11 is 0. The topological polar surface area (TPSA) is 85.3 Å². The van der Waals surface area contributed by atoms with Crippen molar-refractivity contribution in [3.63, 3.8) is 0 Å². The minimum absolute atomic E-state index is 0.0582. The van der Waals surface area contributed by atoms with Crippen LogP contribution in [0.25, 0.3) is 5.76 Å². The van der Waals surface area contributed by atoms with Crippen LogP contribution in [0.3, 0.4) is 0 Å². The standard InChI is InChI=1S/C26H29NO6/c1-4-11-32-20-7-5-6-17(15-20)23-22(25(29)26(30)27(23)10-12-31-3)24(28)18-8-9-21-19(14-18)13-16(2)33-21/h5-9,14-16,23,28H,4,10-13H2,1-3H3/t16-,23-/m1/s1. The molecule has 2 aromatic carbocycles. The Bertz CT molecular complexity index is 1090. The van der Waals surface area contributed by atoms with E-state index < -0.39 is 17.7 Å². The van der Waals surface area contributed by atoms with Crippen LogP contribution >= 0.6 is 0 Å². The van der Waals surface area contributed by atoms with Crippen LogP contribution in [0.15, 0.2) is 48.0 Å². The lowest BCUT2D eigenvalue weighted by atomic mass is 9.94. The number of ether oxygens (including phenoxy) is 3. The van der Waals surface area contributed by atoms with E-state index in [4.69, 9.17) is 14.2 Å². The van der Waals surface area contributed by atoms with Gasteiger partial charge in [0.15, 0.2) is 0 Å². The Kier molecular flexibility index (Phi) is 6.70. The molecule has 1 saturated heterocycles. The third kappa shape index (κ3) is 4.46. The number of fused-ring (bicyclic) bond motifs is 1. The van der Waals surface area contributed by atoms with Gasteiger partial charge in [0.25, 0.3) is 11.7 Å². The van der Waals surface area contributed by atoms with Crippen molar-refractivity contribution in [3.8, 4) is 11.5 Å². The summed E-state index contributed by atoms with van der Waals surface area (Å²) in [5.74, 6) is -0.136. The first-order valence-corrected chi connectivity index (χ1v) is 11.2. The monoisotopic (exact) mass is 451 g/mol. The summed E-state index contributed by atoms with van der Waals surface area (Å²) in [4.78, 5) is 27.5.